The van der Waals surface area contributed by atoms with E-state index < -0.39 is 0 Å². The molecule has 0 atom stereocenters. The van der Waals surface area contributed by atoms with Gasteiger partial charge in [0.1, 0.15) is 0 Å². The largest absolute Gasteiger partial charge is 0.395 e. The first kappa shape index (κ1) is 17.2. The molecule has 4 nitrogen and oxygen atoms in total. The van der Waals surface area contributed by atoms with Crippen LogP contribution in [0.4, 0.5) is 0 Å². The molecule has 1 amide bonds. The van der Waals surface area contributed by atoms with Crippen LogP contribution in [0.15, 0.2) is 59.5 Å². The summed E-state index contributed by atoms with van der Waals surface area (Å²) in [5.41, 5.74) is 1.24. The van der Waals surface area contributed by atoms with E-state index >= 15 is 0 Å². The molecule has 5 heteroatoms. The molecule has 0 radical (unpaired) electrons. The Morgan fingerprint density at radius 2 is 1.74 bits per heavy atom. The number of aliphatic hydroxyl groups excluding tert-OH is 1. The summed E-state index contributed by atoms with van der Waals surface area (Å²) in [7, 11) is 1.65. The predicted octanol–water partition coefficient (Wildman–Crippen LogP) is 2.73. The van der Waals surface area contributed by atoms with E-state index in [9.17, 15) is 9.59 Å². The lowest BCUT2D eigenvalue weighted by Crippen LogP contribution is -2.29. The zero-order chi connectivity index (χ0) is 16.7. The first-order valence-corrected chi connectivity index (χ1v) is 8.28. The Hall–Kier alpha value is -2.11. The number of hydrogen-bond acceptors (Lipinski definition) is 4. The molecule has 1 N–H and O–H groups in total. The number of benzene rings is 2. The van der Waals surface area contributed by atoms with Crippen molar-refractivity contribution in [2.45, 2.75) is 4.90 Å². The zero-order valence-corrected chi connectivity index (χ0v) is 13.8. The molecular weight excluding hydrogens is 310 g/mol. The molecule has 2 aromatic carbocycles. The smallest absolute Gasteiger partial charge is 0.253 e. The molecule has 2 rings (SSSR count). The number of nitrogens with zero attached hydrogens (tertiary/aromatic N) is 1. The van der Waals surface area contributed by atoms with Crippen LogP contribution in [0.5, 0.6) is 0 Å². The van der Waals surface area contributed by atoms with E-state index in [4.69, 9.17) is 5.11 Å². The Balaban J connectivity index is 2.00. The van der Waals surface area contributed by atoms with E-state index in [2.05, 4.69) is 0 Å². The number of amides is 1. The molecule has 2 aromatic rings. The van der Waals surface area contributed by atoms with Crippen molar-refractivity contribution in [3.05, 3.63) is 65.7 Å². The van der Waals surface area contributed by atoms with Crippen LogP contribution in [0.1, 0.15) is 20.7 Å². The summed E-state index contributed by atoms with van der Waals surface area (Å²) in [6.45, 7) is 0.227. The standard InChI is InChI=1S/C18H19NO3S/c1-19(10-11-20)18(22)15-8-5-9-16(12-15)23-13-17(21)14-6-3-2-4-7-14/h2-9,12,20H,10-11,13H2,1H3. The summed E-state index contributed by atoms with van der Waals surface area (Å²) >= 11 is 1.41. The van der Waals surface area contributed by atoms with Gasteiger partial charge in [0.25, 0.3) is 5.91 Å². The minimum Gasteiger partial charge on any atom is -0.395 e. The van der Waals surface area contributed by atoms with E-state index in [0.717, 1.165) is 4.90 Å². The Bertz CT molecular complexity index is 673. The average Bonchev–Trinajstić information content (AvgIpc) is 2.60. The fourth-order valence-corrected chi connectivity index (χ4v) is 2.90. The summed E-state index contributed by atoms with van der Waals surface area (Å²) < 4.78 is 0. The van der Waals surface area contributed by atoms with E-state index in [0.29, 0.717) is 23.4 Å². The third kappa shape index (κ3) is 4.94. The minimum absolute atomic E-state index is 0.0599. The van der Waals surface area contributed by atoms with Crippen LogP contribution in [-0.4, -0.2) is 47.6 Å². The molecule has 0 saturated heterocycles. The van der Waals surface area contributed by atoms with Gasteiger partial charge in [0.15, 0.2) is 5.78 Å². The van der Waals surface area contributed by atoms with Crippen LogP contribution in [-0.2, 0) is 0 Å². The fourth-order valence-electron chi connectivity index (χ4n) is 2.05. The molecule has 0 aliphatic carbocycles. The molecule has 0 aromatic heterocycles. The van der Waals surface area contributed by atoms with Crippen molar-refractivity contribution in [1.29, 1.82) is 0 Å². The lowest BCUT2D eigenvalue weighted by Gasteiger charge is -2.16. The maximum atomic E-state index is 12.2. The Morgan fingerprint density at radius 1 is 1.04 bits per heavy atom. The van der Waals surface area contributed by atoms with Gasteiger partial charge in [-0.05, 0) is 18.2 Å². The van der Waals surface area contributed by atoms with Crippen LogP contribution in [0.3, 0.4) is 0 Å². The summed E-state index contributed by atoms with van der Waals surface area (Å²) in [6, 6.07) is 16.4. The molecule has 0 fully saturated rings. The van der Waals surface area contributed by atoms with Crippen LogP contribution in [0.2, 0.25) is 0 Å². The maximum absolute atomic E-state index is 12.2. The first-order chi connectivity index (χ1) is 11.1. The summed E-state index contributed by atoms with van der Waals surface area (Å²) in [6.07, 6.45) is 0. The number of Topliss-reactive ketones (excluding diaryl/α,β-unsaturated/α-hetero) is 1. The van der Waals surface area contributed by atoms with Crippen molar-refractivity contribution in [2.75, 3.05) is 26.0 Å². The quantitative estimate of drug-likeness (QED) is 0.627. The van der Waals surface area contributed by atoms with E-state index in [1.807, 2.05) is 24.3 Å². The second kappa shape index (κ2) is 8.50. The number of aliphatic hydroxyl groups is 1. The topological polar surface area (TPSA) is 57.6 Å². The number of rotatable bonds is 7. The highest BCUT2D eigenvalue weighted by Crippen LogP contribution is 2.21. The number of carbonyl (C=O) groups excluding carboxylic acids is 2. The van der Waals surface area contributed by atoms with Gasteiger partial charge in [-0.15, -0.1) is 11.8 Å². The van der Waals surface area contributed by atoms with Gasteiger partial charge in [-0.25, -0.2) is 0 Å². The number of thioether (sulfide) groups is 1. The highest BCUT2D eigenvalue weighted by Gasteiger charge is 2.12. The Kier molecular flexibility index (Phi) is 6.38. The third-order valence-corrected chi connectivity index (χ3v) is 4.32. The number of carbonyl (C=O) groups is 2. The second-order valence-corrected chi connectivity index (χ2v) is 6.10. The zero-order valence-electron chi connectivity index (χ0n) is 12.9. The molecule has 0 aliphatic rings. The molecule has 0 bridgehead atoms. The summed E-state index contributed by atoms with van der Waals surface area (Å²) in [4.78, 5) is 26.6. The number of hydrogen-bond donors (Lipinski definition) is 1. The molecule has 0 heterocycles. The molecule has 0 aliphatic heterocycles. The van der Waals surface area contributed by atoms with Gasteiger partial charge in [-0.3, -0.25) is 9.59 Å². The lowest BCUT2D eigenvalue weighted by molar-refractivity contribution is 0.0766. The minimum atomic E-state index is -0.143. The second-order valence-electron chi connectivity index (χ2n) is 5.06. The molecule has 23 heavy (non-hydrogen) atoms. The van der Waals surface area contributed by atoms with Gasteiger partial charge < -0.3 is 10.0 Å². The monoisotopic (exact) mass is 329 g/mol. The van der Waals surface area contributed by atoms with E-state index in [1.165, 1.54) is 16.7 Å². The SMILES string of the molecule is CN(CCO)C(=O)c1cccc(SCC(=O)c2ccccc2)c1. The molecular formula is C18H19NO3S. The van der Waals surface area contributed by atoms with Gasteiger partial charge in [0, 0.05) is 29.6 Å². The van der Waals surface area contributed by atoms with Crippen molar-refractivity contribution in [2.24, 2.45) is 0 Å². The molecule has 0 spiro atoms. The van der Waals surface area contributed by atoms with Crippen LogP contribution >= 0.6 is 11.8 Å². The normalized spacial score (nSPS) is 10.3. The third-order valence-electron chi connectivity index (χ3n) is 3.33. The van der Waals surface area contributed by atoms with Crippen molar-refractivity contribution >= 4 is 23.5 Å². The predicted molar refractivity (Wildman–Crippen MR) is 92.0 cm³/mol. The highest BCUT2D eigenvalue weighted by molar-refractivity contribution is 8.00. The van der Waals surface area contributed by atoms with Crippen molar-refractivity contribution in [3.8, 4) is 0 Å². The van der Waals surface area contributed by atoms with E-state index in [-0.39, 0.29) is 18.3 Å². The van der Waals surface area contributed by atoms with E-state index in [1.54, 1.807) is 37.4 Å². The van der Waals surface area contributed by atoms with Crippen LogP contribution in [0.25, 0.3) is 0 Å². The molecule has 120 valence electrons. The maximum Gasteiger partial charge on any atom is 0.253 e. The first-order valence-electron chi connectivity index (χ1n) is 7.29. The molecule has 0 unspecified atom stereocenters. The summed E-state index contributed by atoms with van der Waals surface area (Å²) in [5, 5.41) is 8.91. The van der Waals surface area contributed by atoms with Gasteiger partial charge in [-0.2, -0.15) is 0 Å². The molecule has 0 saturated carbocycles. The summed E-state index contributed by atoms with van der Waals surface area (Å²) in [5.74, 6) is 0.245. The number of ketones is 1. The Labute approximate surface area is 140 Å². The van der Waals surface area contributed by atoms with Gasteiger partial charge in [0.05, 0.1) is 12.4 Å². The van der Waals surface area contributed by atoms with Gasteiger partial charge in [0.2, 0.25) is 0 Å². The van der Waals surface area contributed by atoms with Crippen molar-refractivity contribution in [3.63, 3.8) is 0 Å². The lowest BCUT2D eigenvalue weighted by atomic mass is 10.2. The number of likely N-dealkylation sites (N-methyl/N-ethyl adjacent to an activating group) is 1. The van der Waals surface area contributed by atoms with Crippen molar-refractivity contribution < 1.29 is 14.7 Å². The van der Waals surface area contributed by atoms with Gasteiger partial charge in [-0.1, -0.05) is 36.4 Å². The van der Waals surface area contributed by atoms with Crippen molar-refractivity contribution in [1.82, 2.24) is 4.90 Å². The highest BCUT2D eigenvalue weighted by atomic mass is 32.2. The fraction of sp³-hybridized carbons (Fsp3) is 0.222. The van der Waals surface area contributed by atoms with Crippen LogP contribution in [0, 0.1) is 0 Å². The van der Waals surface area contributed by atoms with Crippen LogP contribution < -0.4 is 0 Å². The van der Waals surface area contributed by atoms with Gasteiger partial charge >= 0.3 is 0 Å². The average molecular weight is 329 g/mol. The Morgan fingerprint density at radius 3 is 2.43 bits per heavy atom.